The van der Waals surface area contributed by atoms with Crippen LogP contribution < -0.4 is 0 Å². The smallest absolute Gasteiger partial charge is 0.146 e. The fraction of sp³-hybridized carbons (Fsp3) is 0.800. The van der Waals surface area contributed by atoms with E-state index in [1.54, 1.807) is 0 Å². The van der Waals surface area contributed by atoms with E-state index in [4.69, 9.17) is 10.5 Å². The van der Waals surface area contributed by atoms with Crippen LogP contribution in [0.2, 0.25) is 0 Å². The maximum Gasteiger partial charge on any atom is 0.146 e. The van der Waals surface area contributed by atoms with E-state index in [0.29, 0.717) is 5.92 Å². The zero-order valence-corrected chi connectivity index (χ0v) is 7.51. The van der Waals surface area contributed by atoms with Gasteiger partial charge in [-0.3, -0.25) is 0 Å². The van der Waals surface area contributed by atoms with Crippen LogP contribution in [0.3, 0.4) is 0 Å². The molecule has 0 saturated heterocycles. The molecule has 1 atom stereocenters. The molecule has 1 saturated carbocycles. The number of nitriles is 2. The lowest BCUT2D eigenvalue weighted by Gasteiger charge is -2.32. The molecule has 0 aromatic heterocycles. The predicted octanol–water partition coefficient (Wildman–Crippen LogP) is 2.62. The van der Waals surface area contributed by atoms with Crippen LogP contribution in [0.25, 0.3) is 0 Å². The molecule has 2 heteroatoms. The molecule has 1 aliphatic carbocycles. The van der Waals surface area contributed by atoms with Crippen LogP contribution in [0.1, 0.15) is 39.0 Å². The summed E-state index contributed by atoms with van der Waals surface area (Å²) in [4.78, 5) is 0. The summed E-state index contributed by atoms with van der Waals surface area (Å²) in [5, 5.41) is 17.9. The van der Waals surface area contributed by atoms with E-state index in [9.17, 15) is 0 Å². The van der Waals surface area contributed by atoms with Gasteiger partial charge in [-0.2, -0.15) is 10.5 Å². The van der Waals surface area contributed by atoms with E-state index in [0.717, 1.165) is 25.7 Å². The minimum absolute atomic E-state index is 0.307. The molecule has 0 aliphatic heterocycles. The second-order valence-electron chi connectivity index (χ2n) is 3.55. The van der Waals surface area contributed by atoms with Crippen LogP contribution in [0, 0.1) is 34.0 Å². The zero-order chi connectivity index (χ0) is 9.03. The third-order valence-corrected chi connectivity index (χ3v) is 2.96. The number of hydrogen-bond acceptors (Lipinski definition) is 2. The molecule has 0 aromatic carbocycles. The molecule has 0 N–H and O–H groups in total. The van der Waals surface area contributed by atoms with E-state index in [1.165, 1.54) is 6.42 Å². The molecule has 1 fully saturated rings. The highest BCUT2D eigenvalue weighted by Gasteiger charge is 2.40. The van der Waals surface area contributed by atoms with Crippen molar-refractivity contribution in [3.63, 3.8) is 0 Å². The van der Waals surface area contributed by atoms with Gasteiger partial charge in [-0.1, -0.05) is 26.2 Å². The van der Waals surface area contributed by atoms with Crippen LogP contribution >= 0.6 is 0 Å². The first-order chi connectivity index (χ1) is 5.79. The summed E-state index contributed by atoms with van der Waals surface area (Å²) < 4.78 is 0. The molecule has 1 unspecified atom stereocenters. The molecule has 1 aliphatic rings. The molecule has 12 heavy (non-hydrogen) atoms. The van der Waals surface area contributed by atoms with Gasteiger partial charge in [0.05, 0.1) is 12.1 Å². The predicted molar refractivity (Wildman–Crippen MR) is 45.9 cm³/mol. The summed E-state index contributed by atoms with van der Waals surface area (Å²) in [5.74, 6) is 0.307. The minimum atomic E-state index is -0.660. The molecule has 0 aromatic rings. The molecule has 0 spiro atoms. The van der Waals surface area contributed by atoms with Crippen molar-refractivity contribution < 1.29 is 0 Å². The monoisotopic (exact) mass is 162 g/mol. The van der Waals surface area contributed by atoms with Crippen molar-refractivity contribution in [1.29, 1.82) is 10.5 Å². The van der Waals surface area contributed by atoms with E-state index in [-0.39, 0.29) is 0 Å². The molecule has 0 radical (unpaired) electrons. The van der Waals surface area contributed by atoms with E-state index in [2.05, 4.69) is 19.1 Å². The highest BCUT2D eigenvalue weighted by atomic mass is 14.5. The lowest BCUT2D eigenvalue weighted by Crippen LogP contribution is -2.30. The van der Waals surface area contributed by atoms with Crippen molar-refractivity contribution in [3.05, 3.63) is 0 Å². The van der Waals surface area contributed by atoms with Crippen LogP contribution in [0.5, 0.6) is 0 Å². The van der Waals surface area contributed by atoms with Gasteiger partial charge in [-0.05, 0) is 18.8 Å². The van der Waals surface area contributed by atoms with Crippen molar-refractivity contribution in [2.45, 2.75) is 39.0 Å². The fourth-order valence-corrected chi connectivity index (χ4v) is 2.12. The summed E-state index contributed by atoms with van der Waals surface area (Å²) in [7, 11) is 0. The van der Waals surface area contributed by atoms with Crippen molar-refractivity contribution in [2.24, 2.45) is 11.3 Å². The highest BCUT2D eigenvalue weighted by molar-refractivity contribution is 5.17. The second-order valence-corrected chi connectivity index (χ2v) is 3.55. The summed E-state index contributed by atoms with van der Waals surface area (Å²) in [6, 6.07) is 4.41. The highest BCUT2D eigenvalue weighted by Crippen LogP contribution is 2.41. The Morgan fingerprint density at radius 1 is 1.33 bits per heavy atom. The average molecular weight is 162 g/mol. The third kappa shape index (κ3) is 1.30. The third-order valence-electron chi connectivity index (χ3n) is 2.96. The van der Waals surface area contributed by atoms with Crippen molar-refractivity contribution >= 4 is 0 Å². The Balaban J connectivity index is 2.84. The van der Waals surface area contributed by atoms with Gasteiger partial charge in [0.25, 0.3) is 0 Å². The molecule has 64 valence electrons. The van der Waals surface area contributed by atoms with Crippen molar-refractivity contribution in [2.75, 3.05) is 0 Å². The van der Waals surface area contributed by atoms with Crippen LogP contribution in [0.4, 0.5) is 0 Å². The lowest BCUT2D eigenvalue weighted by molar-refractivity contribution is 0.215. The summed E-state index contributed by atoms with van der Waals surface area (Å²) in [6.07, 6.45) is 5.01. The Labute approximate surface area is 73.8 Å². The number of hydrogen-bond donors (Lipinski definition) is 0. The van der Waals surface area contributed by atoms with Gasteiger partial charge in [0.1, 0.15) is 5.41 Å². The average Bonchev–Trinajstić information content (AvgIpc) is 2.17. The normalized spacial score (nSPS) is 27.1. The van der Waals surface area contributed by atoms with Crippen molar-refractivity contribution in [1.82, 2.24) is 0 Å². The quantitative estimate of drug-likeness (QED) is 0.595. The Morgan fingerprint density at radius 3 is 2.42 bits per heavy atom. The second kappa shape index (κ2) is 3.59. The largest absolute Gasteiger partial charge is 0.197 e. The number of rotatable bonds is 1. The van der Waals surface area contributed by atoms with Gasteiger partial charge >= 0.3 is 0 Å². The van der Waals surface area contributed by atoms with Crippen LogP contribution in [-0.4, -0.2) is 0 Å². The number of nitrogens with zero attached hydrogens (tertiary/aromatic N) is 2. The maximum absolute atomic E-state index is 8.97. The standard InChI is InChI=1S/C10H14N2/c1-2-9-5-3-4-6-10(9,7-11)8-12/h9H,2-6H2,1H3. The molecule has 0 bridgehead atoms. The van der Waals surface area contributed by atoms with Crippen LogP contribution in [-0.2, 0) is 0 Å². The SMILES string of the molecule is CCC1CCCCC1(C#N)C#N. The van der Waals surface area contributed by atoms with E-state index >= 15 is 0 Å². The van der Waals surface area contributed by atoms with Gasteiger partial charge in [-0.15, -0.1) is 0 Å². The molecule has 0 amide bonds. The molecule has 2 nitrogen and oxygen atoms in total. The van der Waals surface area contributed by atoms with Gasteiger partial charge < -0.3 is 0 Å². The lowest BCUT2D eigenvalue weighted by atomic mass is 9.67. The van der Waals surface area contributed by atoms with Gasteiger partial charge in [0, 0.05) is 0 Å². The fourth-order valence-electron chi connectivity index (χ4n) is 2.12. The first kappa shape index (κ1) is 9.07. The minimum Gasteiger partial charge on any atom is -0.197 e. The molecular formula is C10H14N2. The van der Waals surface area contributed by atoms with Gasteiger partial charge in [0.2, 0.25) is 0 Å². The Morgan fingerprint density at radius 2 is 2.00 bits per heavy atom. The first-order valence-electron chi connectivity index (χ1n) is 4.61. The van der Waals surface area contributed by atoms with Crippen molar-refractivity contribution in [3.8, 4) is 12.1 Å². The van der Waals surface area contributed by atoms with E-state index < -0.39 is 5.41 Å². The maximum atomic E-state index is 8.97. The summed E-state index contributed by atoms with van der Waals surface area (Å²) in [5.41, 5.74) is -0.660. The molecule has 1 rings (SSSR count). The Kier molecular flexibility index (Phi) is 2.71. The molecular weight excluding hydrogens is 148 g/mol. The molecule has 0 heterocycles. The Hall–Kier alpha value is -1.02. The van der Waals surface area contributed by atoms with Gasteiger partial charge in [-0.25, -0.2) is 0 Å². The Bertz CT molecular complexity index is 217. The zero-order valence-electron chi connectivity index (χ0n) is 7.51. The topological polar surface area (TPSA) is 47.6 Å². The van der Waals surface area contributed by atoms with Crippen LogP contribution in [0.15, 0.2) is 0 Å². The first-order valence-corrected chi connectivity index (χ1v) is 4.61. The van der Waals surface area contributed by atoms with Gasteiger partial charge in [0.15, 0.2) is 0 Å². The summed E-state index contributed by atoms with van der Waals surface area (Å²) in [6.45, 7) is 2.07. The van der Waals surface area contributed by atoms with E-state index in [1.807, 2.05) is 0 Å². The summed E-state index contributed by atoms with van der Waals surface area (Å²) >= 11 is 0.